The molecule has 0 unspecified atom stereocenters. The molecule has 0 fully saturated rings. The lowest BCUT2D eigenvalue weighted by atomic mass is 10.1. The Morgan fingerprint density at radius 2 is 2.12 bits per heavy atom. The second-order valence-corrected chi connectivity index (χ2v) is 6.17. The number of nitrogens with zero attached hydrogens (tertiary/aromatic N) is 1. The van der Waals surface area contributed by atoms with Crippen LogP contribution in [0.5, 0.6) is 0 Å². The molecule has 0 saturated carbocycles. The number of hydrogen-bond donors (Lipinski definition) is 1. The first kappa shape index (κ1) is 12.5. The Morgan fingerprint density at radius 3 is 2.82 bits per heavy atom. The summed E-state index contributed by atoms with van der Waals surface area (Å²) in [5, 5.41) is 0. The fourth-order valence-electron chi connectivity index (χ4n) is 1.90. The molecule has 0 spiro atoms. The second-order valence-electron chi connectivity index (χ2n) is 5.03. The summed E-state index contributed by atoms with van der Waals surface area (Å²) in [6.07, 6.45) is 0.579. The summed E-state index contributed by atoms with van der Waals surface area (Å²) in [7, 11) is 0. The molecule has 1 amide bonds. The van der Waals surface area contributed by atoms with Gasteiger partial charge in [0.15, 0.2) is 0 Å². The number of nitrogens with two attached hydrogens (primary N) is 1. The number of carbonyl (C=O) groups is 1. The highest BCUT2D eigenvalue weighted by Crippen LogP contribution is 2.34. The van der Waals surface area contributed by atoms with Gasteiger partial charge < -0.3 is 10.6 Å². The molecule has 0 atom stereocenters. The summed E-state index contributed by atoms with van der Waals surface area (Å²) < 4.78 is 0. The highest BCUT2D eigenvalue weighted by atomic mass is 32.2. The average molecular weight is 250 g/mol. The van der Waals surface area contributed by atoms with E-state index in [4.69, 9.17) is 5.73 Å². The van der Waals surface area contributed by atoms with E-state index >= 15 is 0 Å². The van der Waals surface area contributed by atoms with Gasteiger partial charge in [0.2, 0.25) is 5.91 Å². The number of benzene rings is 1. The number of fused-ring (bicyclic) bond motifs is 1. The average Bonchev–Trinajstić information content (AvgIpc) is 2.38. The zero-order valence-corrected chi connectivity index (χ0v) is 11.1. The van der Waals surface area contributed by atoms with Gasteiger partial charge in [-0.3, -0.25) is 4.79 Å². The number of thioether (sulfide) groups is 1. The van der Waals surface area contributed by atoms with Crippen molar-refractivity contribution in [3.05, 3.63) is 24.3 Å². The monoisotopic (exact) mass is 250 g/mol. The van der Waals surface area contributed by atoms with Crippen molar-refractivity contribution in [2.75, 3.05) is 17.2 Å². The number of hydrogen-bond acceptors (Lipinski definition) is 3. The maximum Gasteiger partial charge on any atom is 0.227 e. The number of amides is 1. The summed E-state index contributed by atoms with van der Waals surface area (Å²) in [6, 6.07) is 8.04. The van der Waals surface area contributed by atoms with Crippen LogP contribution in [0.3, 0.4) is 0 Å². The topological polar surface area (TPSA) is 46.3 Å². The van der Waals surface area contributed by atoms with Crippen molar-refractivity contribution < 1.29 is 4.79 Å². The van der Waals surface area contributed by atoms with Gasteiger partial charge in [-0.2, -0.15) is 0 Å². The molecule has 0 saturated heterocycles. The van der Waals surface area contributed by atoms with Gasteiger partial charge in [0.1, 0.15) is 0 Å². The van der Waals surface area contributed by atoms with Crippen molar-refractivity contribution in [3.63, 3.8) is 0 Å². The molecule has 0 radical (unpaired) electrons. The zero-order chi connectivity index (χ0) is 12.5. The molecule has 1 aromatic rings. The third kappa shape index (κ3) is 3.01. The minimum absolute atomic E-state index is 0.168. The Labute approximate surface area is 106 Å². The van der Waals surface area contributed by atoms with Crippen LogP contribution in [0, 0.1) is 0 Å². The van der Waals surface area contributed by atoms with Crippen molar-refractivity contribution >= 4 is 23.4 Å². The standard InChI is InChI=1S/C13H18N2OS/c1-13(2,14)9-15-10-5-3-4-6-11(10)17-8-7-12(15)16/h3-6H,7-9,14H2,1-2H3. The van der Waals surface area contributed by atoms with E-state index in [2.05, 4.69) is 6.07 Å². The third-order valence-corrected chi connectivity index (χ3v) is 3.66. The van der Waals surface area contributed by atoms with Gasteiger partial charge in [-0.1, -0.05) is 12.1 Å². The first-order valence-corrected chi connectivity index (χ1v) is 6.77. The van der Waals surface area contributed by atoms with Crippen molar-refractivity contribution in [1.82, 2.24) is 0 Å². The molecule has 1 aromatic carbocycles. The molecule has 2 N–H and O–H groups in total. The van der Waals surface area contributed by atoms with E-state index < -0.39 is 0 Å². The normalized spacial score (nSPS) is 16.6. The summed E-state index contributed by atoms with van der Waals surface area (Å²) in [4.78, 5) is 15.1. The minimum atomic E-state index is -0.377. The Morgan fingerprint density at radius 1 is 1.41 bits per heavy atom. The van der Waals surface area contributed by atoms with Crippen molar-refractivity contribution in [2.45, 2.75) is 30.7 Å². The van der Waals surface area contributed by atoms with E-state index in [-0.39, 0.29) is 11.4 Å². The minimum Gasteiger partial charge on any atom is -0.324 e. The lowest BCUT2D eigenvalue weighted by Gasteiger charge is -2.29. The van der Waals surface area contributed by atoms with E-state index in [1.54, 1.807) is 11.8 Å². The van der Waals surface area contributed by atoms with Crippen molar-refractivity contribution in [3.8, 4) is 0 Å². The Balaban J connectivity index is 2.37. The smallest absolute Gasteiger partial charge is 0.227 e. The molecule has 1 aliphatic rings. The fraction of sp³-hybridized carbons (Fsp3) is 0.462. The molecular formula is C13H18N2OS. The molecule has 4 heteroatoms. The predicted molar refractivity (Wildman–Crippen MR) is 72.4 cm³/mol. The SMILES string of the molecule is CC(C)(N)CN1C(=O)CCSc2ccccc21. The van der Waals surface area contributed by atoms with E-state index in [1.165, 1.54) is 4.90 Å². The maximum absolute atomic E-state index is 12.1. The van der Waals surface area contributed by atoms with Gasteiger partial charge >= 0.3 is 0 Å². The fourth-order valence-corrected chi connectivity index (χ4v) is 2.90. The summed E-state index contributed by atoms with van der Waals surface area (Å²) in [5.41, 5.74) is 6.66. The van der Waals surface area contributed by atoms with Crippen LogP contribution >= 0.6 is 11.8 Å². The molecule has 1 heterocycles. The number of para-hydroxylation sites is 1. The first-order valence-electron chi connectivity index (χ1n) is 5.78. The zero-order valence-electron chi connectivity index (χ0n) is 10.3. The van der Waals surface area contributed by atoms with Crippen LogP contribution < -0.4 is 10.6 Å². The van der Waals surface area contributed by atoms with Gasteiger partial charge in [0.25, 0.3) is 0 Å². The lowest BCUT2D eigenvalue weighted by molar-refractivity contribution is -0.118. The van der Waals surface area contributed by atoms with Gasteiger partial charge in [-0.05, 0) is 26.0 Å². The van der Waals surface area contributed by atoms with Crippen LogP contribution in [0.25, 0.3) is 0 Å². The highest BCUT2D eigenvalue weighted by molar-refractivity contribution is 7.99. The maximum atomic E-state index is 12.1. The Kier molecular flexibility index (Phi) is 3.45. The van der Waals surface area contributed by atoms with Crippen LogP contribution in [-0.2, 0) is 4.79 Å². The number of rotatable bonds is 2. The first-order chi connectivity index (χ1) is 7.97. The van der Waals surface area contributed by atoms with E-state index in [0.29, 0.717) is 13.0 Å². The van der Waals surface area contributed by atoms with E-state index in [0.717, 1.165) is 11.4 Å². The molecule has 1 aliphatic heterocycles. The number of carbonyl (C=O) groups excluding carboxylic acids is 1. The largest absolute Gasteiger partial charge is 0.324 e. The van der Waals surface area contributed by atoms with Crippen LogP contribution in [0.1, 0.15) is 20.3 Å². The van der Waals surface area contributed by atoms with Crippen molar-refractivity contribution in [1.29, 1.82) is 0 Å². The summed E-state index contributed by atoms with van der Waals surface area (Å²) in [5.74, 6) is 1.01. The molecule has 0 aromatic heterocycles. The van der Waals surface area contributed by atoms with Gasteiger partial charge in [0, 0.05) is 29.2 Å². The molecule has 92 valence electrons. The third-order valence-electron chi connectivity index (χ3n) is 2.60. The number of anilines is 1. The molecule has 0 bridgehead atoms. The van der Waals surface area contributed by atoms with Crippen molar-refractivity contribution in [2.24, 2.45) is 5.73 Å². The molecular weight excluding hydrogens is 232 g/mol. The Bertz CT molecular complexity index is 426. The second kappa shape index (κ2) is 4.70. The highest BCUT2D eigenvalue weighted by Gasteiger charge is 2.26. The summed E-state index contributed by atoms with van der Waals surface area (Å²) in [6.45, 7) is 4.45. The van der Waals surface area contributed by atoms with Crippen LogP contribution in [0.2, 0.25) is 0 Å². The lowest BCUT2D eigenvalue weighted by Crippen LogP contribution is -2.47. The molecule has 3 nitrogen and oxygen atoms in total. The van der Waals surface area contributed by atoms with Gasteiger partial charge in [0.05, 0.1) is 5.69 Å². The predicted octanol–water partition coefficient (Wildman–Crippen LogP) is 2.25. The quantitative estimate of drug-likeness (QED) is 0.875. The van der Waals surface area contributed by atoms with E-state index in [9.17, 15) is 4.79 Å². The van der Waals surface area contributed by atoms with Gasteiger partial charge in [-0.15, -0.1) is 11.8 Å². The Hall–Kier alpha value is -1.00. The summed E-state index contributed by atoms with van der Waals surface area (Å²) >= 11 is 1.74. The molecule has 17 heavy (non-hydrogen) atoms. The molecule has 2 rings (SSSR count). The van der Waals surface area contributed by atoms with Crippen LogP contribution in [0.4, 0.5) is 5.69 Å². The van der Waals surface area contributed by atoms with Crippen LogP contribution in [-0.4, -0.2) is 23.7 Å². The van der Waals surface area contributed by atoms with Gasteiger partial charge in [-0.25, -0.2) is 0 Å². The van der Waals surface area contributed by atoms with Crippen LogP contribution in [0.15, 0.2) is 29.2 Å². The van der Waals surface area contributed by atoms with E-state index in [1.807, 2.05) is 36.9 Å². The molecule has 0 aliphatic carbocycles.